The Morgan fingerprint density at radius 1 is 1.18 bits per heavy atom. The van der Waals surface area contributed by atoms with Crippen molar-refractivity contribution in [2.45, 2.75) is 89.4 Å². The molecule has 0 saturated carbocycles. The second kappa shape index (κ2) is 12.0. The molecule has 214 valence electrons. The minimum atomic E-state index is -4.55. The van der Waals surface area contributed by atoms with E-state index in [1.807, 2.05) is 30.4 Å². The molecule has 0 radical (unpaired) electrons. The Hall–Kier alpha value is -3.08. The largest absolute Gasteiger partial charge is 0.467 e. The van der Waals surface area contributed by atoms with Crippen LogP contribution < -0.4 is 5.32 Å². The molecule has 39 heavy (non-hydrogen) atoms. The first-order valence-corrected chi connectivity index (χ1v) is 13.4. The fourth-order valence-corrected chi connectivity index (χ4v) is 5.54. The molecule has 0 aliphatic carbocycles. The van der Waals surface area contributed by atoms with Gasteiger partial charge in [0.1, 0.15) is 18.2 Å². The van der Waals surface area contributed by atoms with Gasteiger partial charge >= 0.3 is 18.2 Å². The molecule has 11 heteroatoms. The van der Waals surface area contributed by atoms with Gasteiger partial charge in [-0.1, -0.05) is 50.6 Å². The summed E-state index contributed by atoms with van der Waals surface area (Å²) in [6, 6.07) is 1.67. The Balaban J connectivity index is 1.64. The Morgan fingerprint density at radius 3 is 2.64 bits per heavy atom. The lowest BCUT2D eigenvalue weighted by Gasteiger charge is -2.33. The second-order valence-electron chi connectivity index (χ2n) is 10.8. The number of benzene rings is 1. The molecule has 3 heterocycles. The van der Waals surface area contributed by atoms with Gasteiger partial charge in [-0.05, 0) is 41.9 Å². The van der Waals surface area contributed by atoms with E-state index in [1.54, 1.807) is 18.7 Å². The molecule has 2 amide bonds. The molecule has 4 atom stereocenters. The van der Waals surface area contributed by atoms with Gasteiger partial charge in [0.15, 0.2) is 0 Å². The van der Waals surface area contributed by atoms with Gasteiger partial charge in [-0.25, -0.2) is 9.59 Å². The zero-order chi connectivity index (χ0) is 28.3. The average Bonchev–Trinajstić information content (AvgIpc) is 3.50. The predicted octanol–water partition coefficient (Wildman–Crippen LogP) is 4.41. The van der Waals surface area contributed by atoms with E-state index in [4.69, 9.17) is 9.47 Å². The van der Waals surface area contributed by atoms with Crippen molar-refractivity contribution in [3.63, 3.8) is 0 Å². The number of methoxy groups -OCH3 is 1. The molecule has 1 fully saturated rings. The minimum absolute atomic E-state index is 0.00639. The quantitative estimate of drug-likeness (QED) is 0.548. The van der Waals surface area contributed by atoms with Gasteiger partial charge in [-0.3, -0.25) is 15.0 Å². The number of nitrogens with one attached hydrogen (secondary N) is 1. The van der Waals surface area contributed by atoms with Crippen LogP contribution in [0.25, 0.3) is 6.08 Å². The van der Waals surface area contributed by atoms with Crippen LogP contribution in [0, 0.1) is 5.92 Å². The van der Waals surface area contributed by atoms with Crippen molar-refractivity contribution >= 4 is 24.0 Å². The molecule has 0 aromatic heterocycles. The monoisotopic (exact) mass is 551 g/mol. The molecule has 3 aliphatic rings. The van der Waals surface area contributed by atoms with E-state index < -0.39 is 54.3 Å². The van der Waals surface area contributed by atoms with E-state index >= 15 is 0 Å². The summed E-state index contributed by atoms with van der Waals surface area (Å²) < 4.78 is 52.6. The number of hydrogen-bond acceptors (Lipinski definition) is 6. The number of carbonyl (C=O) groups excluding carboxylic acids is 3. The van der Waals surface area contributed by atoms with Gasteiger partial charge in [-0.2, -0.15) is 13.2 Å². The average molecular weight is 552 g/mol. The first kappa shape index (κ1) is 28.9. The molecule has 1 saturated heterocycles. The molecular weight excluding hydrogens is 515 g/mol. The van der Waals surface area contributed by atoms with Crippen LogP contribution in [0.15, 0.2) is 24.3 Å². The molecule has 3 aliphatic heterocycles. The maximum Gasteiger partial charge on any atom is 0.410 e. The highest BCUT2D eigenvalue weighted by molar-refractivity contribution is 5.88. The third kappa shape index (κ3) is 6.57. The summed E-state index contributed by atoms with van der Waals surface area (Å²) in [4.78, 5) is 42.1. The number of nitrogens with zero attached hydrogens (tertiary/aromatic N) is 2. The molecule has 0 spiro atoms. The number of esters is 1. The Bertz CT molecular complexity index is 1110. The highest BCUT2D eigenvalue weighted by Crippen LogP contribution is 2.31. The van der Waals surface area contributed by atoms with Crippen molar-refractivity contribution in [3.05, 3.63) is 41.0 Å². The van der Waals surface area contributed by atoms with Gasteiger partial charge in [0.2, 0.25) is 5.91 Å². The van der Waals surface area contributed by atoms with E-state index in [0.29, 0.717) is 32.4 Å². The molecule has 1 N–H and O–H groups in total. The van der Waals surface area contributed by atoms with Crippen LogP contribution in [0.3, 0.4) is 0 Å². The van der Waals surface area contributed by atoms with E-state index in [-0.39, 0.29) is 19.4 Å². The van der Waals surface area contributed by atoms with Crippen LogP contribution in [0.5, 0.6) is 0 Å². The van der Waals surface area contributed by atoms with Crippen molar-refractivity contribution in [2.75, 3.05) is 13.7 Å². The lowest BCUT2D eigenvalue weighted by molar-refractivity contribution is -0.164. The van der Waals surface area contributed by atoms with E-state index in [0.717, 1.165) is 16.7 Å². The molecular formula is C28H36F3N3O5. The minimum Gasteiger partial charge on any atom is -0.467 e. The van der Waals surface area contributed by atoms with Crippen LogP contribution in [-0.4, -0.2) is 71.8 Å². The summed E-state index contributed by atoms with van der Waals surface area (Å²) in [5.41, 5.74) is 2.96. The number of amides is 2. The highest BCUT2D eigenvalue weighted by Gasteiger charge is 2.47. The van der Waals surface area contributed by atoms with Crippen LogP contribution in [-0.2, 0) is 32.2 Å². The van der Waals surface area contributed by atoms with Crippen molar-refractivity contribution in [1.29, 1.82) is 0 Å². The third-order valence-corrected chi connectivity index (χ3v) is 7.68. The van der Waals surface area contributed by atoms with Gasteiger partial charge in [0.05, 0.1) is 26.2 Å². The van der Waals surface area contributed by atoms with Crippen LogP contribution in [0.4, 0.5) is 18.0 Å². The zero-order valence-electron chi connectivity index (χ0n) is 22.5. The fraction of sp³-hybridized carbons (Fsp3) is 0.607. The second-order valence-corrected chi connectivity index (χ2v) is 10.8. The number of hydrogen-bond donors (Lipinski definition) is 1. The van der Waals surface area contributed by atoms with E-state index in [9.17, 15) is 27.6 Å². The van der Waals surface area contributed by atoms with Crippen LogP contribution >= 0.6 is 0 Å². The summed E-state index contributed by atoms with van der Waals surface area (Å²) in [7, 11) is 1.18. The number of rotatable bonds is 2. The third-order valence-electron chi connectivity index (χ3n) is 7.68. The topological polar surface area (TPSA) is 88.2 Å². The molecule has 4 bridgehead atoms. The van der Waals surface area contributed by atoms with Crippen LogP contribution in [0.2, 0.25) is 0 Å². The van der Waals surface area contributed by atoms with Gasteiger partial charge in [0, 0.05) is 13.0 Å². The standard InChI is InChI=1S/C28H36F3N3O5/c1-17(2)24-25(35)34-15-20(13-22(34)26(36)38-3)39-27(37)33-14-19-11-8-10-18(21(19)16-33)9-6-4-5-7-12-23(32-24)28(29,30)31/h6,8-11,17,20,22-24,32H,4-5,7,12-16H2,1-3H3/b9-6+/t20-,22+,23+,24+/m1/s1. The highest BCUT2D eigenvalue weighted by atomic mass is 19.4. The molecule has 4 rings (SSSR count). The van der Waals surface area contributed by atoms with Gasteiger partial charge in [-0.15, -0.1) is 0 Å². The van der Waals surface area contributed by atoms with Crippen LogP contribution in [0.1, 0.15) is 62.6 Å². The molecule has 1 aromatic carbocycles. The van der Waals surface area contributed by atoms with Crippen molar-refractivity contribution < 1.29 is 37.0 Å². The number of halogens is 3. The summed E-state index contributed by atoms with van der Waals surface area (Å²) in [5, 5.41) is 2.55. The van der Waals surface area contributed by atoms with Crippen molar-refractivity contribution in [2.24, 2.45) is 5.92 Å². The Labute approximate surface area is 226 Å². The van der Waals surface area contributed by atoms with E-state index in [2.05, 4.69) is 5.32 Å². The lowest BCUT2D eigenvalue weighted by Crippen LogP contribution is -2.57. The predicted molar refractivity (Wildman–Crippen MR) is 137 cm³/mol. The number of carbonyl (C=O) groups is 3. The summed E-state index contributed by atoms with van der Waals surface area (Å²) >= 11 is 0. The Morgan fingerprint density at radius 2 is 1.95 bits per heavy atom. The normalized spacial score (nSPS) is 27.6. The number of ether oxygens (including phenoxy) is 2. The van der Waals surface area contributed by atoms with Crippen molar-refractivity contribution in [1.82, 2.24) is 15.1 Å². The number of allylic oxidation sites excluding steroid dienone is 1. The lowest BCUT2D eigenvalue weighted by atomic mass is 9.99. The SMILES string of the molecule is COC(=O)[C@@H]1C[C@@H]2CN1C(=O)[C@H](C(C)C)N[C@H](C(F)(F)F)CCCC/C=C/c1cccc3c1CN(C3)C(=O)O2. The summed E-state index contributed by atoms with van der Waals surface area (Å²) in [6.45, 7) is 3.94. The molecule has 8 nitrogen and oxygen atoms in total. The first-order chi connectivity index (χ1) is 18.5. The maximum absolute atomic E-state index is 14.0. The maximum atomic E-state index is 14.0. The van der Waals surface area contributed by atoms with Gasteiger partial charge < -0.3 is 14.4 Å². The smallest absolute Gasteiger partial charge is 0.410 e. The fourth-order valence-electron chi connectivity index (χ4n) is 5.54. The van der Waals surface area contributed by atoms with E-state index in [1.165, 1.54) is 12.0 Å². The summed E-state index contributed by atoms with van der Waals surface area (Å²) in [5.74, 6) is -1.84. The number of fused-ring (bicyclic) bond motifs is 3. The Kier molecular flexibility index (Phi) is 8.88. The van der Waals surface area contributed by atoms with Crippen molar-refractivity contribution in [3.8, 4) is 0 Å². The molecule has 1 aromatic rings. The number of alkyl halides is 3. The first-order valence-electron chi connectivity index (χ1n) is 13.4. The summed E-state index contributed by atoms with van der Waals surface area (Å²) in [6.07, 6.45) is -0.733. The molecule has 0 unspecified atom stereocenters. The zero-order valence-corrected chi connectivity index (χ0v) is 22.5. The van der Waals surface area contributed by atoms with Gasteiger partial charge in [0.25, 0.3) is 0 Å².